The molecule has 0 saturated carbocycles. The lowest BCUT2D eigenvalue weighted by Crippen LogP contribution is -2.48. The van der Waals surface area contributed by atoms with Gasteiger partial charge in [-0.05, 0) is 18.6 Å². The first-order valence-electron chi connectivity index (χ1n) is 4.36. The van der Waals surface area contributed by atoms with Crippen molar-refractivity contribution < 1.29 is 28.6 Å². The zero-order chi connectivity index (χ0) is 12.3. The Bertz CT molecular complexity index is 387. The quantitative estimate of drug-likeness (QED) is 0.511. The largest absolute Gasteiger partial charge is 0.559 e. The molecule has 0 spiro atoms. The third kappa shape index (κ3) is 3.26. The van der Waals surface area contributed by atoms with Gasteiger partial charge in [0, 0.05) is 0 Å². The monoisotopic (exact) mass is 232 g/mol. The molecule has 88 valence electrons. The van der Waals surface area contributed by atoms with E-state index in [9.17, 15) is 13.6 Å². The fourth-order valence-corrected chi connectivity index (χ4v) is 1.03. The molecule has 0 bridgehead atoms. The van der Waals surface area contributed by atoms with E-state index in [1.54, 1.807) is 5.32 Å². The molecule has 5 nitrogen and oxygen atoms in total. The number of nitrogens with one attached hydrogen (secondary N) is 1. The third-order valence-electron chi connectivity index (χ3n) is 1.73. The molecule has 0 heterocycles. The van der Waals surface area contributed by atoms with Crippen molar-refractivity contribution in [2.24, 2.45) is 0 Å². The SMILES string of the molecule is O=C(NC[B-](O)(O)O)c1c(F)cccc1F. The van der Waals surface area contributed by atoms with Crippen LogP contribution in [0.1, 0.15) is 10.4 Å². The summed E-state index contributed by atoms with van der Waals surface area (Å²) in [6, 6.07) is 2.85. The number of rotatable bonds is 3. The molecule has 0 atom stereocenters. The highest BCUT2D eigenvalue weighted by Gasteiger charge is 2.20. The highest BCUT2D eigenvalue weighted by atomic mass is 19.1. The van der Waals surface area contributed by atoms with Gasteiger partial charge in [0.1, 0.15) is 17.2 Å². The Morgan fingerprint density at radius 3 is 2.19 bits per heavy atom. The maximum atomic E-state index is 13.0. The molecular formula is C8H9BF2NO4-. The summed E-state index contributed by atoms with van der Waals surface area (Å²) < 4.78 is 26.1. The molecule has 0 aliphatic rings. The Kier molecular flexibility index (Phi) is 3.58. The van der Waals surface area contributed by atoms with E-state index in [1.165, 1.54) is 0 Å². The van der Waals surface area contributed by atoms with Gasteiger partial charge >= 0.3 is 6.75 Å². The van der Waals surface area contributed by atoms with Gasteiger partial charge in [0.25, 0.3) is 5.91 Å². The lowest BCUT2D eigenvalue weighted by atomic mass is 9.81. The molecule has 1 aromatic carbocycles. The smallest absolute Gasteiger partial charge is 0.390 e. The van der Waals surface area contributed by atoms with Crippen molar-refractivity contribution in [1.29, 1.82) is 0 Å². The average Bonchev–Trinajstić information content (AvgIpc) is 2.13. The van der Waals surface area contributed by atoms with E-state index in [4.69, 9.17) is 15.1 Å². The zero-order valence-electron chi connectivity index (χ0n) is 8.02. The van der Waals surface area contributed by atoms with Crippen molar-refractivity contribution >= 4 is 12.7 Å². The minimum absolute atomic E-state index is 0.845. The number of carbonyl (C=O) groups excluding carboxylic acids is 1. The van der Waals surface area contributed by atoms with Gasteiger partial charge in [-0.3, -0.25) is 4.79 Å². The predicted octanol–water partition coefficient (Wildman–Crippen LogP) is -0.850. The Balaban J connectivity index is 2.81. The topological polar surface area (TPSA) is 89.8 Å². The molecule has 0 aliphatic heterocycles. The van der Waals surface area contributed by atoms with Crippen LogP contribution in [0, 0.1) is 11.6 Å². The second-order valence-electron chi connectivity index (χ2n) is 3.20. The van der Waals surface area contributed by atoms with E-state index in [0.29, 0.717) is 0 Å². The fraction of sp³-hybridized carbons (Fsp3) is 0.125. The number of carbonyl (C=O) groups is 1. The normalized spacial score (nSPS) is 11.3. The minimum atomic E-state index is -3.73. The second-order valence-corrected chi connectivity index (χ2v) is 3.20. The van der Waals surface area contributed by atoms with Crippen LogP contribution in [0.5, 0.6) is 0 Å². The standard InChI is InChI=1S/C8H9BF2NO4/c10-5-2-1-3-6(11)7(5)8(13)12-4-9(14,15)16/h1-3,14-16H,4H2,(H,12,13)/q-1. The van der Waals surface area contributed by atoms with Crippen molar-refractivity contribution in [2.75, 3.05) is 6.44 Å². The van der Waals surface area contributed by atoms with Crippen LogP contribution in [-0.2, 0) is 0 Å². The molecule has 0 aliphatic carbocycles. The Morgan fingerprint density at radius 2 is 1.75 bits per heavy atom. The number of benzene rings is 1. The van der Waals surface area contributed by atoms with Crippen molar-refractivity contribution in [2.45, 2.75) is 0 Å². The summed E-state index contributed by atoms with van der Waals surface area (Å²) >= 11 is 0. The molecule has 0 radical (unpaired) electrons. The van der Waals surface area contributed by atoms with E-state index < -0.39 is 36.3 Å². The lowest BCUT2D eigenvalue weighted by Gasteiger charge is -2.20. The van der Waals surface area contributed by atoms with E-state index >= 15 is 0 Å². The fourth-order valence-electron chi connectivity index (χ4n) is 1.03. The minimum Gasteiger partial charge on any atom is -0.559 e. The Hall–Kier alpha value is -1.51. The van der Waals surface area contributed by atoms with Crippen molar-refractivity contribution in [3.05, 3.63) is 35.4 Å². The summed E-state index contributed by atoms with van der Waals surface area (Å²) in [4.78, 5) is 11.2. The van der Waals surface area contributed by atoms with E-state index in [0.717, 1.165) is 18.2 Å². The summed E-state index contributed by atoms with van der Waals surface area (Å²) in [5.41, 5.74) is -0.845. The predicted molar refractivity (Wildman–Crippen MR) is 51.1 cm³/mol. The van der Waals surface area contributed by atoms with Crippen LogP contribution in [-0.4, -0.2) is 34.2 Å². The molecule has 0 fully saturated rings. The van der Waals surface area contributed by atoms with Crippen LogP contribution in [0.2, 0.25) is 0 Å². The lowest BCUT2D eigenvalue weighted by molar-refractivity contribution is 0.0939. The Labute approximate surface area is 89.3 Å². The van der Waals surface area contributed by atoms with Gasteiger partial charge in [-0.15, -0.1) is 0 Å². The van der Waals surface area contributed by atoms with Gasteiger partial charge in [0.15, 0.2) is 0 Å². The number of hydrogen-bond donors (Lipinski definition) is 4. The van der Waals surface area contributed by atoms with Crippen LogP contribution < -0.4 is 5.32 Å². The molecule has 0 aromatic heterocycles. The van der Waals surface area contributed by atoms with E-state index in [-0.39, 0.29) is 0 Å². The maximum Gasteiger partial charge on any atom is 0.390 e. The molecule has 1 amide bonds. The molecule has 1 aromatic rings. The number of amides is 1. The summed E-state index contributed by atoms with van der Waals surface area (Å²) in [6.45, 7) is -3.73. The van der Waals surface area contributed by atoms with E-state index in [1.807, 2.05) is 0 Å². The second kappa shape index (κ2) is 4.56. The number of halogens is 2. The van der Waals surface area contributed by atoms with Crippen LogP contribution >= 0.6 is 0 Å². The van der Waals surface area contributed by atoms with Gasteiger partial charge in [0.05, 0.1) is 0 Å². The van der Waals surface area contributed by atoms with Gasteiger partial charge < -0.3 is 20.4 Å². The van der Waals surface area contributed by atoms with Crippen LogP contribution in [0.3, 0.4) is 0 Å². The molecule has 8 heteroatoms. The Morgan fingerprint density at radius 1 is 1.25 bits per heavy atom. The number of hydrogen-bond acceptors (Lipinski definition) is 4. The summed E-state index contributed by atoms with van der Waals surface area (Å²) in [5.74, 6) is -3.34. The summed E-state index contributed by atoms with van der Waals surface area (Å²) in [7, 11) is 0. The molecule has 0 saturated heterocycles. The van der Waals surface area contributed by atoms with Crippen LogP contribution in [0.4, 0.5) is 8.78 Å². The molecule has 4 N–H and O–H groups in total. The van der Waals surface area contributed by atoms with Gasteiger partial charge in [-0.2, -0.15) is 0 Å². The molecule has 1 rings (SSSR count). The van der Waals surface area contributed by atoms with E-state index in [2.05, 4.69) is 0 Å². The summed E-state index contributed by atoms with van der Waals surface area (Å²) in [6.07, 6.45) is -0.910. The first kappa shape index (κ1) is 12.6. The molecular weight excluding hydrogens is 223 g/mol. The molecule has 16 heavy (non-hydrogen) atoms. The first-order valence-corrected chi connectivity index (χ1v) is 4.36. The highest BCUT2D eigenvalue weighted by molar-refractivity contribution is 6.56. The van der Waals surface area contributed by atoms with Gasteiger partial charge in [-0.25, -0.2) is 8.78 Å². The third-order valence-corrected chi connectivity index (χ3v) is 1.73. The van der Waals surface area contributed by atoms with Crippen molar-refractivity contribution in [1.82, 2.24) is 5.32 Å². The average molecular weight is 232 g/mol. The zero-order valence-corrected chi connectivity index (χ0v) is 8.02. The first-order chi connectivity index (χ1) is 7.31. The van der Waals surface area contributed by atoms with Crippen LogP contribution in [0.25, 0.3) is 0 Å². The van der Waals surface area contributed by atoms with Gasteiger partial charge in [0.2, 0.25) is 0 Å². The highest BCUT2D eigenvalue weighted by Crippen LogP contribution is 2.11. The van der Waals surface area contributed by atoms with Gasteiger partial charge in [-0.1, -0.05) is 6.07 Å². The van der Waals surface area contributed by atoms with Crippen molar-refractivity contribution in [3.63, 3.8) is 0 Å². The molecule has 0 unspecified atom stereocenters. The van der Waals surface area contributed by atoms with Crippen molar-refractivity contribution in [3.8, 4) is 0 Å². The maximum absolute atomic E-state index is 13.0. The summed E-state index contributed by atoms with van der Waals surface area (Å²) in [5, 5.41) is 27.3. The van der Waals surface area contributed by atoms with Crippen LogP contribution in [0.15, 0.2) is 18.2 Å².